The molecule has 2 atom stereocenters. The van der Waals surface area contributed by atoms with E-state index >= 15 is 0 Å². The number of nitrogens with one attached hydrogen (secondary N) is 2. The van der Waals surface area contributed by atoms with Gasteiger partial charge in [0.05, 0.1) is 17.0 Å². The van der Waals surface area contributed by atoms with Crippen LogP contribution in [0.3, 0.4) is 0 Å². The summed E-state index contributed by atoms with van der Waals surface area (Å²) in [5, 5.41) is 5.73. The molecule has 0 aliphatic heterocycles. The van der Waals surface area contributed by atoms with Crippen molar-refractivity contribution in [1.29, 1.82) is 0 Å². The van der Waals surface area contributed by atoms with Crippen molar-refractivity contribution in [3.05, 3.63) is 47.5 Å². The van der Waals surface area contributed by atoms with Crippen LogP contribution in [0, 0.1) is 5.92 Å². The number of ether oxygens (including phenoxy) is 4. The minimum absolute atomic E-state index is 0.0119. The van der Waals surface area contributed by atoms with Gasteiger partial charge in [-0.3, -0.25) is 4.79 Å². The fraction of sp³-hybridized carbons (Fsp3) is 0.600. The summed E-state index contributed by atoms with van der Waals surface area (Å²) < 4.78 is 21.3. The maximum Gasteiger partial charge on any atom is 0.408 e. The Bertz CT molecular complexity index is 1050. The van der Waals surface area contributed by atoms with Crippen LogP contribution in [0.4, 0.5) is 9.59 Å². The Balaban J connectivity index is 2.86. The normalized spacial score (nSPS) is 13.1. The van der Waals surface area contributed by atoms with Crippen molar-refractivity contribution in [3.8, 4) is 0 Å². The highest BCUT2D eigenvalue weighted by Crippen LogP contribution is 2.27. The number of benzene rings is 1. The fourth-order valence-electron chi connectivity index (χ4n) is 3.42. The van der Waals surface area contributed by atoms with Crippen LogP contribution in [0.25, 0.3) is 0 Å². The molecule has 0 fully saturated rings. The predicted octanol–water partition coefficient (Wildman–Crippen LogP) is 5.48. The summed E-state index contributed by atoms with van der Waals surface area (Å²) in [6.07, 6.45) is -1.53. The van der Waals surface area contributed by atoms with Gasteiger partial charge in [0.15, 0.2) is 0 Å². The first kappa shape index (κ1) is 34.5. The van der Waals surface area contributed by atoms with E-state index in [-0.39, 0.29) is 30.7 Å². The van der Waals surface area contributed by atoms with Crippen LogP contribution in [0.15, 0.2) is 36.4 Å². The Labute approximate surface area is 238 Å². The number of rotatable bonds is 14. The van der Waals surface area contributed by atoms with Crippen molar-refractivity contribution in [2.24, 2.45) is 5.92 Å². The van der Waals surface area contributed by atoms with Crippen molar-refractivity contribution < 1.29 is 38.1 Å². The number of esters is 2. The van der Waals surface area contributed by atoms with E-state index in [0.29, 0.717) is 12.8 Å². The summed E-state index contributed by atoms with van der Waals surface area (Å²) in [5.41, 5.74) is 0.172. The molecule has 0 saturated carbocycles. The summed E-state index contributed by atoms with van der Waals surface area (Å²) in [6, 6.07) is 7.44. The first-order valence-corrected chi connectivity index (χ1v) is 13.6. The van der Waals surface area contributed by atoms with Gasteiger partial charge in [-0.05, 0) is 58.6 Å². The molecular formula is C30H46N2O8. The molecular weight excluding hydrogens is 516 g/mol. The molecule has 10 nitrogen and oxygen atoms in total. The number of hydrogen-bond donors (Lipinski definition) is 2. The third-order valence-electron chi connectivity index (χ3n) is 6.22. The molecule has 0 bridgehead atoms. The number of carbonyl (C=O) groups is 4. The smallest absolute Gasteiger partial charge is 0.408 e. The van der Waals surface area contributed by atoms with Gasteiger partial charge in [-0.1, -0.05) is 58.5 Å². The minimum Gasteiger partial charge on any atom is -0.462 e. The van der Waals surface area contributed by atoms with E-state index in [1.54, 1.807) is 20.8 Å². The van der Waals surface area contributed by atoms with Gasteiger partial charge >= 0.3 is 24.1 Å². The first-order chi connectivity index (χ1) is 18.5. The second-order valence-corrected chi connectivity index (χ2v) is 11.1. The van der Waals surface area contributed by atoms with Crippen LogP contribution in [-0.4, -0.2) is 49.5 Å². The molecule has 2 N–H and O–H groups in total. The Morgan fingerprint density at radius 2 is 1.25 bits per heavy atom. The summed E-state index contributed by atoms with van der Waals surface area (Å²) in [6.45, 7) is 19.5. The van der Waals surface area contributed by atoms with Crippen molar-refractivity contribution >= 4 is 24.1 Å². The van der Waals surface area contributed by atoms with Gasteiger partial charge in [0.25, 0.3) is 0 Å². The highest BCUT2D eigenvalue weighted by molar-refractivity contribution is 5.86. The van der Waals surface area contributed by atoms with Crippen molar-refractivity contribution in [2.75, 3.05) is 13.2 Å². The van der Waals surface area contributed by atoms with E-state index in [9.17, 15) is 19.2 Å². The molecule has 0 saturated heterocycles. The second kappa shape index (κ2) is 15.3. The van der Waals surface area contributed by atoms with E-state index in [1.807, 2.05) is 65.8 Å². The molecule has 2 amide bonds. The van der Waals surface area contributed by atoms with E-state index in [1.165, 1.54) is 0 Å². The molecule has 0 spiro atoms. The number of carbonyl (C=O) groups excluding carboxylic acids is 4. The minimum atomic E-state index is -0.829. The van der Waals surface area contributed by atoms with Gasteiger partial charge in [-0.2, -0.15) is 0 Å². The summed E-state index contributed by atoms with van der Waals surface area (Å²) in [5.74, 6) is -1.16. The molecule has 2 unspecified atom stereocenters. The molecule has 224 valence electrons. The van der Waals surface area contributed by atoms with E-state index in [4.69, 9.17) is 18.9 Å². The average Bonchev–Trinajstić information content (AvgIpc) is 2.87. The zero-order valence-electron chi connectivity index (χ0n) is 25.3. The number of alkyl carbamates (subject to hydrolysis) is 2. The highest BCUT2D eigenvalue weighted by atomic mass is 16.6. The van der Waals surface area contributed by atoms with E-state index in [2.05, 4.69) is 17.2 Å². The standard InChI is InChI=1S/C30H46N2O8/c1-11-23(17-37-25(33)19(3)4)39-27(35)31-29(7,8)21-14-13-15-22(16-21)30(9,10)32-28(36)40-24(12-2)18-38-26(34)20(5)6/h13-16,20,23-24H,3,11-12,17-18H2,1-2,4-10H3,(H,31,35)(H,32,36). The van der Waals surface area contributed by atoms with Crippen LogP contribution < -0.4 is 10.6 Å². The van der Waals surface area contributed by atoms with Crippen LogP contribution in [0.2, 0.25) is 0 Å². The van der Waals surface area contributed by atoms with Crippen molar-refractivity contribution in [1.82, 2.24) is 10.6 Å². The fourth-order valence-corrected chi connectivity index (χ4v) is 3.42. The van der Waals surface area contributed by atoms with Crippen LogP contribution in [0.5, 0.6) is 0 Å². The lowest BCUT2D eigenvalue weighted by molar-refractivity contribution is -0.150. The molecule has 0 aliphatic carbocycles. The Morgan fingerprint density at radius 3 is 1.62 bits per heavy atom. The molecule has 0 heterocycles. The summed E-state index contributed by atoms with van der Waals surface area (Å²) >= 11 is 0. The monoisotopic (exact) mass is 562 g/mol. The Morgan fingerprint density at radius 1 is 0.825 bits per heavy atom. The van der Waals surface area contributed by atoms with Crippen LogP contribution in [-0.2, 0) is 39.6 Å². The van der Waals surface area contributed by atoms with E-state index in [0.717, 1.165) is 11.1 Å². The van der Waals surface area contributed by atoms with Crippen LogP contribution >= 0.6 is 0 Å². The summed E-state index contributed by atoms with van der Waals surface area (Å²) in [4.78, 5) is 48.8. The van der Waals surface area contributed by atoms with Gasteiger partial charge in [0.2, 0.25) is 0 Å². The van der Waals surface area contributed by atoms with Crippen molar-refractivity contribution in [3.63, 3.8) is 0 Å². The lowest BCUT2D eigenvalue weighted by atomic mass is 9.87. The lowest BCUT2D eigenvalue weighted by Gasteiger charge is -2.31. The molecule has 1 rings (SSSR count). The SMILES string of the molecule is C=C(C)C(=O)OCC(CC)OC(=O)NC(C)(C)c1cccc(C(C)(C)NC(=O)OC(CC)COC(=O)C(C)C)c1. The zero-order valence-corrected chi connectivity index (χ0v) is 25.3. The third kappa shape index (κ3) is 11.3. The maximum atomic E-state index is 12.7. The van der Waals surface area contributed by atoms with Gasteiger partial charge in [0.1, 0.15) is 25.4 Å². The molecule has 0 aliphatic rings. The van der Waals surface area contributed by atoms with Gasteiger partial charge in [-0.15, -0.1) is 0 Å². The van der Waals surface area contributed by atoms with Gasteiger partial charge in [0, 0.05) is 5.57 Å². The largest absolute Gasteiger partial charge is 0.462 e. The van der Waals surface area contributed by atoms with Crippen LogP contribution in [0.1, 0.15) is 86.3 Å². The molecule has 1 aromatic carbocycles. The second-order valence-electron chi connectivity index (χ2n) is 11.1. The zero-order chi connectivity index (χ0) is 30.7. The number of amides is 2. The quantitative estimate of drug-likeness (QED) is 0.173. The Hall–Kier alpha value is -3.56. The first-order valence-electron chi connectivity index (χ1n) is 13.6. The summed E-state index contributed by atoms with van der Waals surface area (Å²) in [7, 11) is 0. The predicted molar refractivity (Wildman–Crippen MR) is 151 cm³/mol. The molecule has 0 radical (unpaired) electrons. The molecule has 40 heavy (non-hydrogen) atoms. The van der Waals surface area contributed by atoms with Gasteiger partial charge in [-0.25, -0.2) is 14.4 Å². The molecule has 10 heteroatoms. The number of hydrogen-bond acceptors (Lipinski definition) is 8. The Kier molecular flexibility index (Phi) is 13.2. The highest BCUT2D eigenvalue weighted by Gasteiger charge is 2.30. The molecule has 0 aromatic heterocycles. The topological polar surface area (TPSA) is 129 Å². The molecule has 1 aromatic rings. The van der Waals surface area contributed by atoms with E-state index < -0.39 is 41.4 Å². The lowest BCUT2D eigenvalue weighted by Crippen LogP contribution is -2.44. The average molecular weight is 563 g/mol. The van der Waals surface area contributed by atoms with Crippen molar-refractivity contribution in [2.45, 2.75) is 98.4 Å². The van der Waals surface area contributed by atoms with Gasteiger partial charge < -0.3 is 29.6 Å². The maximum absolute atomic E-state index is 12.7. The third-order valence-corrected chi connectivity index (χ3v) is 6.22.